The van der Waals surface area contributed by atoms with E-state index in [-0.39, 0.29) is 0 Å². The van der Waals surface area contributed by atoms with Gasteiger partial charge >= 0.3 is 11.9 Å². The second-order valence-corrected chi connectivity index (χ2v) is 4.98. The molecule has 0 aromatic carbocycles. The number of carboxylic acids is 2. The molecule has 0 aromatic heterocycles. The van der Waals surface area contributed by atoms with E-state index in [1.54, 1.807) is 13.8 Å². The smallest absolute Gasteiger partial charge is 0.310 e. The molecule has 0 aliphatic heterocycles. The fourth-order valence-corrected chi connectivity index (χ4v) is 3.29. The fourth-order valence-electron chi connectivity index (χ4n) is 3.29. The third kappa shape index (κ3) is 2.52. The van der Waals surface area contributed by atoms with Gasteiger partial charge < -0.3 is 10.2 Å². The highest BCUT2D eigenvalue weighted by molar-refractivity contribution is 5.86. The van der Waals surface area contributed by atoms with Crippen molar-refractivity contribution in [2.75, 3.05) is 0 Å². The zero-order valence-electron chi connectivity index (χ0n) is 12.0. The molecule has 0 aliphatic rings. The predicted octanol–water partition coefficient (Wildman–Crippen LogP) is 3.55. The average Bonchev–Trinajstić information content (AvgIpc) is 2.32. The second-order valence-electron chi connectivity index (χ2n) is 4.98. The Morgan fingerprint density at radius 3 is 1.17 bits per heavy atom. The van der Waals surface area contributed by atoms with E-state index in [2.05, 4.69) is 0 Å². The first-order valence-electron chi connectivity index (χ1n) is 6.85. The van der Waals surface area contributed by atoms with Crippen molar-refractivity contribution in [3.05, 3.63) is 0 Å². The Kier molecular flexibility index (Phi) is 6.36. The molecule has 0 spiro atoms. The Balaban J connectivity index is 5.88. The van der Waals surface area contributed by atoms with Crippen molar-refractivity contribution >= 4 is 11.9 Å². The van der Waals surface area contributed by atoms with Crippen LogP contribution in [-0.2, 0) is 9.59 Å². The first-order chi connectivity index (χ1) is 8.38. The number of carboxylic acid groups (broad SMARTS) is 2. The molecule has 18 heavy (non-hydrogen) atoms. The number of rotatable bonds is 9. The van der Waals surface area contributed by atoms with Crippen molar-refractivity contribution in [2.45, 2.75) is 66.2 Å². The lowest BCUT2D eigenvalue weighted by atomic mass is 9.56. The normalized spacial score (nSPS) is 17.8. The molecule has 0 amide bonds. The Labute approximate surface area is 109 Å². The Morgan fingerprint density at radius 2 is 1.06 bits per heavy atom. The molecule has 106 valence electrons. The number of carbonyl (C=O) groups is 2. The zero-order chi connectivity index (χ0) is 14.4. The van der Waals surface area contributed by atoms with Gasteiger partial charge in [-0.1, -0.05) is 40.5 Å². The summed E-state index contributed by atoms with van der Waals surface area (Å²) in [5, 5.41) is 19.3. The minimum absolute atomic E-state index is 0.357. The third-order valence-corrected chi connectivity index (χ3v) is 4.30. The maximum absolute atomic E-state index is 11.8. The summed E-state index contributed by atoms with van der Waals surface area (Å²) in [7, 11) is 0. The zero-order valence-corrected chi connectivity index (χ0v) is 12.0. The maximum Gasteiger partial charge on any atom is 0.310 e. The van der Waals surface area contributed by atoms with Crippen LogP contribution in [0.3, 0.4) is 0 Å². The molecule has 0 bridgehead atoms. The fraction of sp³-hybridized carbons (Fsp3) is 0.857. The Hall–Kier alpha value is -1.06. The SMILES string of the molecule is CCCC(CC)(C(=O)O)C(CC)(CCC)C(=O)O. The van der Waals surface area contributed by atoms with Gasteiger partial charge in [0.2, 0.25) is 0 Å². The molecular formula is C14H26O4. The minimum Gasteiger partial charge on any atom is -0.481 e. The molecule has 0 radical (unpaired) electrons. The summed E-state index contributed by atoms with van der Waals surface area (Å²) in [4.78, 5) is 23.5. The van der Waals surface area contributed by atoms with Crippen molar-refractivity contribution in [1.29, 1.82) is 0 Å². The van der Waals surface area contributed by atoms with E-state index in [0.717, 1.165) is 0 Å². The minimum atomic E-state index is -1.15. The largest absolute Gasteiger partial charge is 0.481 e. The number of hydrogen-bond donors (Lipinski definition) is 2. The maximum atomic E-state index is 11.8. The summed E-state index contributed by atoms with van der Waals surface area (Å²) in [5.74, 6) is -1.94. The number of hydrogen-bond acceptors (Lipinski definition) is 2. The lowest BCUT2D eigenvalue weighted by Crippen LogP contribution is -2.52. The molecule has 2 unspecified atom stereocenters. The van der Waals surface area contributed by atoms with Crippen LogP contribution < -0.4 is 0 Å². The molecule has 2 N–H and O–H groups in total. The van der Waals surface area contributed by atoms with E-state index in [0.29, 0.717) is 38.5 Å². The van der Waals surface area contributed by atoms with Crippen molar-refractivity contribution in [2.24, 2.45) is 10.8 Å². The van der Waals surface area contributed by atoms with Gasteiger partial charge in [-0.05, 0) is 25.7 Å². The van der Waals surface area contributed by atoms with Crippen LogP contribution in [-0.4, -0.2) is 22.2 Å². The summed E-state index contributed by atoms with van der Waals surface area (Å²) in [6.07, 6.45) is 2.91. The molecule has 4 nitrogen and oxygen atoms in total. The molecule has 0 saturated heterocycles. The van der Waals surface area contributed by atoms with E-state index in [4.69, 9.17) is 0 Å². The Bertz CT molecular complexity index is 270. The highest BCUT2D eigenvalue weighted by Gasteiger charge is 2.58. The molecule has 0 aromatic rings. The van der Waals surface area contributed by atoms with Gasteiger partial charge in [0, 0.05) is 0 Å². The van der Waals surface area contributed by atoms with Crippen LogP contribution in [0.5, 0.6) is 0 Å². The van der Waals surface area contributed by atoms with Gasteiger partial charge in [0.15, 0.2) is 0 Å². The summed E-state index contributed by atoms with van der Waals surface area (Å²) in [6, 6.07) is 0. The van der Waals surface area contributed by atoms with E-state index in [1.807, 2.05) is 13.8 Å². The van der Waals surface area contributed by atoms with Gasteiger partial charge in [-0.25, -0.2) is 0 Å². The summed E-state index contributed by atoms with van der Waals surface area (Å²) in [6.45, 7) is 7.38. The highest BCUT2D eigenvalue weighted by Crippen LogP contribution is 2.51. The van der Waals surface area contributed by atoms with Crippen LogP contribution in [0.4, 0.5) is 0 Å². The predicted molar refractivity (Wildman–Crippen MR) is 70.5 cm³/mol. The first-order valence-corrected chi connectivity index (χ1v) is 6.85. The van der Waals surface area contributed by atoms with E-state index in [1.165, 1.54) is 0 Å². The topological polar surface area (TPSA) is 74.6 Å². The van der Waals surface area contributed by atoms with Crippen LogP contribution >= 0.6 is 0 Å². The van der Waals surface area contributed by atoms with E-state index in [9.17, 15) is 19.8 Å². The monoisotopic (exact) mass is 258 g/mol. The van der Waals surface area contributed by atoms with E-state index < -0.39 is 22.8 Å². The van der Waals surface area contributed by atoms with Crippen LogP contribution in [0.15, 0.2) is 0 Å². The van der Waals surface area contributed by atoms with Crippen molar-refractivity contribution in [3.8, 4) is 0 Å². The van der Waals surface area contributed by atoms with Gasteiger partial charge in [-0.15, -0.1) is 0 Å². The Morgan fingerprint density at radius 1 is 0.778 bits per heavy atom. The molecule has 4 heteroatoms. The van der Waals surface area contributed by atoms with Crippen LogP contribution in [0.2, 0.25) is 0 Å². The van der Waals surface area contributed by atoms with Gasteiger partial charge in [0.05, 0.1) is 10.8 Å². The standard InChI is InChI=1S/C14H26O4/c1-5-9-13(7-3,11(15)16)14(8-4,10-6-2)12(17)18/h5-10H2,1-4H3,(H,15,16)(H,17,18). The van der Waals surface area contributed by atoms with Crippen LogP contribution in [0.1, 0.15) is 66.2 Å². The second kappa shape index (κ2) is 6.76. The van der Waals surface area contributed by atoms with Crippen molar-refractivity contribution in [1.82, 2.24) is 0 Å². The van der Waals surface area contributed by atoms with Gasteiger partial charge in [-0.3, -0.25) is 9.59 Å². The molecule has 0 fully saturated rings. The molecule has 0 heterocycles. The first kappa shape index (κ1) is 16.9. The van der Waals surface area contributed by atoms with Gasteiger partial charge in [-0.2, -0.15) is 0 Å². The molecule has 2 atom stereocenters. The van der Waals surface area contributed by atoms with Gasteiger partial charge in [0.25, 0.3) is 0 Å². The van der Waals surface area contributed by atoms with Crippen molar-refractivity contribution < 1.29 is 19.8 Å². The summed E-state index contributed by atoms with van der Waals surface area (Å²) < 4.78 is 0. The number of aliphatic carboxylic acids is 2. The molecular weight excluding hydrogens is 232 g/mol. The van der Waals surface area contributed by atoms with Crippen LogP contribution in [0.25, 0.3) is 0 Å². The van der Waals surface area contributed by atoms with Crippen molar-refractivity contribution in [3.63, 3.8) is 0 Å². The van der Waals surface area contributed by atoms with Gasteiger partial charge in [0.1, 0.15) is 0 Å². The molecule has 0 saturated carbocycles. The summed E-state index contributed by atoms with van der Waals surface area (Å²) in [5.41, 5.74) is -2.31. The average molecular weight is 258 g/mol. The highest BCUT2D eigenvalue weighted by atomic mass is 16.4. The molecule has 0 aliphatic carbocycles. The molecule has 0 rings (SSSR count). The lowest BCUT2D eigenvalue weighted by Gasteiger charge is -2.44. The van der Waals surface area contributed by atoms with Crippen LogP contribution in [0, 0.1) is 10.8 Å². The van der Waals surface area contributed by atoms with E-state index >= 15 is 0 Å². The third-order valence-electron chi connectivity index (χ3n) is 4.30. The quantitative estimate of drug-likeness (QED) is 0.663. The lowest BCUT2D eigenvalue weighted by molar-refractivity contribution is -0.177. The summed E-state index contributed by atoms with van der Waals surface area (Å²) >= 11 is 0.